The Morgan fingerprint density at radius 1 is 0.681 bits per heavy atom. The molecule has 1 radical (unpaired) electrons. The summed E-state index contributed by atoms with van der Waals surface area (Å²) in [5, 5.41) is 2.84. The molecule has 0 unspecified atom stereocenters. The molecule has 0 saturated carbocycles. The fourth-order valence-corrected chi connectivity index (χ4v) is 10.3. The van der Waals surface area contributed by atoms with Gasteiger partial charge in [0.2, 0.25) is 0 Å². The molecule has 0 spiro atoms. The number of para-hydroxylation sites is 1. The summed E-state index contributed by atoms with van der Waals surface area (Å²) >= 11 is 0. The van der Waals surface area contributed by atoms with Crippen molar-refractivity contribution in [2.24, 2.45) is 0 Å². The largest absolute Gasteiger partial charge is 0.499 e. The van der Waals surface area contributed by atoms with Crippen LogP contribution in [0.25, 0.3) is 94.8 Å². The van der Waals surface area contributed by atoms with Crippen molar-refractivity contribution >= 4 is 46.2 Å². The van der Waals surface area contributed by atoms with E-state index >= 15 is 4.39 Å². The van der Waals surface area contributed by atoms with Gasteiger partial charge in [-0.2, -0.15) is 0 Å². The van der Waals surface area contributed by atoms with Crippen LogP contribution in [0.3, 0.4) is 0 Å². The molecule has 0 N–H and O–H groups in total. The minimum atomic E-state index is -2.19. The molecule has 0 bridgehead atoms. The molecule has 0 aliphatic carbocycles. The Bertz CT molecular complexity index is 3890. The first-order chi connectivity index (χ1) is 35.6. The predicted octanol–water partition coefficient (Wildman–Crippen LogP) is 15.8. The van der Waals surface area contributed by atoms with E-state index in [0.717, 1.165) is 61.1 Å². The molecule has 4 heterocycles. The number of halogens is 1. The zero-order chi connectivity index (χ0) is 53.0. The van der Waals surface area contributed by atoms with Crippen molar-refractivity contribution in [2.75, 3.05) is 0 Å². The number of nitrogens with zero attached hydrogens (tertiary/aromatic N) is 4. The second-order valence-corrected chi connectivity index (χ2v) is 23.1. The molecule has 4 aromatic heterocycles. The second kappa shape index (κ2) is 19.5. The van der Waals surface area contributed by atoms with Gasteiger partial charge in [-0.15, -0.1) is 53.6 Å². The number of hydrogen-bond acceptors (Lipinski definition) is 4. The molecule has 0 amide bonds. The van der Waals surface area contributed by atoms with Crippen LogP contribution in [0.2, 0.25) is 19.6 Å². The van der Waals surface area contributed by atoms with E-state index in [1.807, 2.05) is 103 Å². The van der Waals surface area contributed by atoms with Crippen molar-refractivity contribution < 1.29 is 38.5 Å². The molecule has 0 aliphatic heterocycles. The van der Waals surface area contributed by atoms with Gasteiger partial charge in [0.15, 0.2) is 0 Å². The van der Waals surface area contributed by atoms with E-state index in [-0.39, 0.29) is 31.2 Å². The first-order valence-electron chi connectivity index (χ1n) is 25.9. The zero-order valence-electron chi connectivity index (χ0n) is 45.7. The summed E-state index contributed by atoms with van der Waals surface area (Å²) in [5.41, 5.74) is 11.7. The third-order valence-corrected chi connectivity index (χ3v) is 14.1. The van der Waals surface area contributed by atoms with E-state index in [1.54, 1.807) is 48.7 Å². The third-order valence-electron chi connectivity index (χ3n) is 12.1. The Labute approximate surface area is 428 Å². The summed E-state index contributed by atoms with van der Waals surface area (Å²) in [4.78, 5) is 14.2. The van der Waals surface area contributed by atoms with Gasteiger partial charge < -0.3 is 14.0 Å². The second-order valence-electron chi connectivity index (χ2n) is 18.0. The summed E-state index contributed by atoms with van der Waals surface area (Å²) in [5.74, 6) is -0.632. The van der Waals surface area contributed by atoms with Gasteiger partial charge in [0.25, 0.3) is 0 Å². The average Bonchev–Trinajstić information content (AvgIpc) is 3.98. The fourth-order valence-electron chi connectivity index (χ4n) is 8.69. The van der Waals surface area contributed by atoms with Crippen LogP contribution in [-0.2, 0) is 20.1 Å². The molecular weight excluding hydrogens is 1040 g/mol. The first-order valence-corrected chi connectivity index (χ1v) is 25.9. The van der Waals surface area contributed by atoms with Gasteiger partial charge in [0.1, 0.15) is 11.4 Å². The van der Waals surface area contributed by atoms with E-state index < -0.39 is 33.5 Å². The molecule has 0 atom stereocenters. The number of imidazole rings is 1. The van der Waals surface area contributed by atoms with E-state index in [0.29, 0.717) is 39.3 Å². The standard InChI is InChI=1S/C43H27FN3O.C18H24NSi.Ir/c1-27-18-20-30(21-19-27)38-25-35-33-14-8-15-34(42(33)48-40(35)26-45-38)43-46-37-17-9-16-36(44)41(37)47(43)39-24-31(28-10-4-2-5-11-28)22-23-32(39)29-12-6-3-7-13-29;1-13(2)16-11-17(15-9-7-14(3)8-10-15)19-12-18(16)20(4,5)6;/h2-14,16-26H,1H3;7-9,11-13H,1-6H3;/q2*-1;/i1D3;3D3,13D;. The van der Waals surface area contributed by atoms with Crippen LogP contribution in [0.4, 0.5) is 4.39 Å². The number of hydrogen-bond donors (Lipinski definition) is 0. The van der Waals surface area contributed by atoms with E-state index in [9.17, 15) is 0 Å². The van der Waals surface area contributed by atoms with Crippen LogP contribution in [0.1, 0.15) is 46.0 Å². The minimum absolute atomic E-state index is 0. The summed E-state index contributed by atoms with van der Waals surface area (Å²) in [6.45, 7) is 6.20. The molecule has 8 heteroatoms. The maximum atomic E-state index is 16.1. The number of fused-ring (bicyclic) bond motifs is 4. The van der Waals surface area contributed by atoms with Crippen molar-refractivity contribution in [3.05, 3.63) is 211 Å². The van der Waals surface area contributed by atoms with E-state index in [2.05, 4.69) is 72.1 Å². The molecule has 343 valence electrons. The Morgan fingerprint density at radius 2 is 1.39 bits per heavy atom. The predicted molar refractivity (Wildman–Crippen MR) is 282 cm³/mol. The minimum Gasteiger partial charge on any atom is -0.499 e. The number of aryl methyl sites for hydroxylation is 2. The number of furan rings is 1. The summed E-state index contributed by atoms with van der Waals surface area (Å²) < 4.78 is 78.4. The summed E-state index contributed by atoms with van der Waals surface area (Å²) in [7, 11) is -1.61. The van der Waals surface area contributed by atoms with E-state index in [4.69, 9.17) is 19.0 Å². The van der Waals surface area contributed by atoms with Gasteiger partial charge in [-0.1, -0.05) is 172 Å². The average molecular weight is 1100 g/mol. The number of pyridine rings is 2. The van der Waals surface area contributed by atoms with Crippen molar-refractivity contribution in [3.63, 3.8) is 0 Å². The van der Waals surface area contributed by atoms with Crippen molar-refractivity contribution in [3.8, 4) is 61.8 Å². The van der Waals surface area contributed by atoms with Crippen LogP contribution in [0, 0.1) is 31.7 Å². The van der Waals surface area contributed by atoms with Gasteiger partial charge in [0, 0.05) is 58.1 Å². The van der Waals surface area contributed by atoms with Crippen LogP contribution in [0.5, 0.6) is 0 Å². The summed E-state index contributed by atoms with van der Waals surface area (Å²) in [6, 6.07) is 57.0. The van der Waals surface area contributed by atoms with Crippen LogP contribution in [0.15, 0.2) is 181 Å². The smallest absolute Gasteiger partial charge is 0.148 e. The monoisotopic (exact) mass is 1100 g/mol. The maximum absolute atomic E-state index is 16.1. The van der Waals surface area contributed by atoms with E-state index in [1.165, 1.54) is 17.3 Å². The molecule has 11 aromatic rings. The number of benzene rings is 7. The quantitative estimate of drug-likeness (QED) is 0.112. The Balaban J connectivity index is 0.000000239. The molecule has 0 aliphatic rings. The van der Waals surface area contributed by atoms with Crippen molar-refractivity contribution in [2.45, 2.75) is 53.1 Å². The molecule has 11 rings (SSSR count). The van der Waals surface area contributed by atoms with Gasteiger partial charge >= 0.3 is 0 Å². The topological polar surface area (TPSA) is 56.7 Å². The summed E-state index contributed by atoms with van der Waals surface area (Å²) in [6.07, 6.45) is 3.56. The van der Waals surface area contributed by atoms with Gasteiger partial charge in [-0.05, 0) is 64.6 Å². The third kappa shape index (κ3) is 9.40. The van der Waals surface area contributed by atoms with Crippen LogP contribution in [-0.4, -0.2) is 27.6 Å². The van der Waals surface area contributed by atoms with Gasteiger partial charge in [-0.3, -0.25) is 9.97 Å². The van der Waals surface area contributed by atoms with Crippen LogP contribution < -0.4 is 5.19 Å². The molecule has 5 nitrogen and oxygen atoms in total. The van der Waals surface area contributed by atoms with Gasteiger partial charge in [-0.25, -0.2) is 4.39 Å². The normalized spacial score (nSPS) is 13.5. The van der Waals surface area contributed by atoms with Crippen LogP contribution >= 0.6 is 0 Å². The van der Waals surface area contributed by atoms with Gasteiger partial charge in [0.05, 0.1) is 42.4 Å². The molecule has 0 fully saturated rings. The SMILES string of the molecule is [2H]C([2H])([2H])c1c[c-]c(-c2cc(C([2H])(C)C)c([Si](C)(C)C)cn2)cc1.[2H]C([2H])([2H])c1ccc(-c2cc3c(cn2)oc2c(-c4nc5cccc(F)c5n4-c4cc(-c5ccccc5)ccc4-c4ccccc4)[c-]ccc23)cc1.[Ir]. The Kier molecular flexibility index (Phi) is 11.0. The molecule has 0 saturated heterocycles. The fraction of sp³-hybridized carbons (Fsp3) is 0.131. The first kappa shape index (κ1) is 38.8. The molecule has 7 aromatic carbocycles. The Morgan fingerprint density at radius 3 is 2.09 bits per heavy atom. The maximum Gasteiger partial charge on any atom is 0.148 e. The molecular formula is C61H51FIrN4OSi-2. The Hall–Kier alpha value is -7.09. The van der Waals surface area contributed by atoms with Crippen molar-refractivity contribution in [1.82, 2.24) is 19.5 Å². The van der Waals surface area contributed by atoms with Crippen molar-refractivity contribution in [1.29, 1.82) is 0 Å². The molecule has 69 heavy (non-hydrogen) atoms. The zero-order valence-corrected chi connectivity index (χ0v) is 42.0. The number of rotatable bonds is 8. The number of aromatic nitrogens is 4.